The lowest BCUT2D eigenvalue weighted by molar-refractivity contribution is 0.0953. The van der Waals surface area contributed by atoms with Crippen molar-refractivity contribution in [3.8, 4) is 0 Å². The average Bonchev–Trinajstić information content (AvgIpc) is 2.85. The first-order valence-electron chi connectivity index (χ1n) is 10.9. The minimum Gasteiger partial charge on any atom is -0.350 e. The molecular weight excluding hydrogens is 544 g/mol. The van der Waals surface area contributed by atoms with E-state index in [0.29, 0.717) is 5.56 Å². The van der Waals surface area contributed by atoms with Gasteiger partial charge in [0.2, 0.25) is 0 Å². The molecule has 200 valence electrons. The minimum atomic E-state index is -4.07. The van der Waals surface area contributed by atoms with E-state index in [9.17, 15) is 31.6 Å². The van der Waals surface area contributed by atoms with E-state index in [4.69, 9.17) is 11.6 Å². The summed E-state index contributed by atoms with van der Waals surface area (Å²) in [5.41, 5.74) is 0.492. The van der Waals surface area contributed by atoms with Crippen molar-refractivity contribution < 1.29 is 31.6 Å². The van der Waals surface area contributed by atoms with E-state index >= 15 is 0 Å². The van der Waals surface area contributed by atoms with E-state index in [0.717, 1.165) is 18.2 Å². The number of aryl methyl sites for hydroxylation is 1. The molecule has 0 aromatic heterocycles. The Balaban J connectivity index is 1.46. The monoisotopic (exact) mass is 565 g/mol. The number of amides is 5. The molecule has 10 nitrogen and oxygen atoms in total. The molecule has 0 fully saturated rings. The van der Waals surface area contributed by atoms with Crippen molar-refractivity contribution in [3.05, 3.63) is 88.4 Å². The Bertz CT molecular complexity index is 1490. The molecule has 0 heterocycles. The molecule has 0 aliphatic heterocycles. The van der Waals surface area contributed by atoms with Crippen LogP contribution in [0.5, 0.6) is 0 Å². The maximum Gasteiger partial charge on any atom is 0.328 e. The fourth-order valence-corrected chi connectivity index (χ4v) is 4.22. The number of hydrogen-bond acceptors (Lipinski definition) is 5. The summed E-state index contributed by atoms with van der Waals surface area (Å²) in [6.45, 7) is 1.51. The highest BCUT2D eigenvalue weighted by Gasteiger charge is 2.17. The number of anilines is 2. The molecule has 0 unspecified atom stereocenters. The van der Waals surface area contributed by atoms with Gasteiger partial charge in [-0.05, 0) is 61.0 Å². The number of halogens is 3. The molecule has 3 aromatic carbocycles. The zero-order chi connectivity index (χ0) is 27.9. The molecule has 5 N–H and O–H groups in total. The van der Waals surface area contributed by atoms with Gasteiger partial charge in [-0.2, -0.15) is 0 Å². The Kier molecular flexibility index (Phi) is 9.20. The normalized spacial score (nSPS) is 10.8. The van der Waals surface area contributed by atoms with Crippen LogP contribution in [0.15, 0.2) is 65.6 Å². The lowest BCUT2D eigenvalue weighted by Gasteiger charge is -2.11. The Morgan fingerprint density at radius 3 is 2.26 bits per heavy atom. The van der Waals surface area contributed by atoms with Gasteiger partial charge in [-0.25, -0.2) is 31.5 Å². The third-order valence-corrected chi connectivity index (χ3v) is 6.52. The van der Waals surface area contributed by atoms with Crippen LogP contribution in [0.25, 0.3) is 0 Å². The number of rotatable bonds is 8. The second kappa shape index (κ2) is 12.3. The summed E-state index contributed by atoms with van der Waals surface area (Å²) < 4.78 is 54.2. The van der Waals surface area contributed by atoms with E-state index in [1.807, 2.05) is 4.72 Å². The lowest BCUT2D eigenvalue weighted by atomic mass is 10.2. The van der Waals surface area contributed by atoms with Crippen LogP contribution < -0.4 is 26.0 Å². The second-order valence-corrected chi connectivity index (χ2v) is 9.93. The van der Waals surface area contributed by atoms with Crippen LogP contribution in [-0.2, 0) is 10.0 Å². The van der Waals surface area contributed by atoms with Gasteiger partial charge in [-0.15, -0.1) is 0 Å². The first-order chi connectivity index (χ1) is 17.9. The van der Waals surface area contributed by atoms with Crippen molar-refractivity contribution in [2.45, 2.75) is 11.8 Å². The Morgan fingerprint density at radius 1 is 0.842 bits per heavy atom. The topological polar surface area (TPSA) is 146 Å². The predicted octanol–water partition coefficient (Wildman–Crippen LogP) is 3.99. The zero-order valence-electron chi connectivity index (χ0n) is 19.8. The second-order valence-electron chi connectivity index (χ2n) is 7.84. The van der Waals surface area contributed by atoms with Gasteiger partial charge in [0.25, 0.3) is 15.9 Å². The summed E-state index contributed by atoms with van der Waals surface area (Å²) in [6.07, 6.45) is 0. The van der Waals surface area contributed by atoms with Crippen LogP contribution in [0.2, 0.25) is 5.02 Å². The van der Waals surface area contributed by atoms with Crippen molar-refractivity contribution >= 4 is 51.0 Å². The number of nitrogens with one attached hydrogen (secondary N) is 5. The van der Waals surface area contributed by atoms with E-state index in [1.54, 1.807) is 19.1 Å². The van der Waals surface area contributed by atoms with Gasteiger partial charge in [0.1, 0.15) is 11.6 Å². The SMILES string of the molecule is Cc1cccc(S(=O)(=O)NC(=O)NCCNC(=O)c2ccc(NC(=O)Nc3ccc(Cl)c(F)c3)c(F)c2)c1. The molecule has 0 atom stereocenters. The molecule has 0 saturated heterocycles. The van der Waals surface area contributed by atoms with E-state index in [2.05, 4.69) is 21.3 Å². The molecule has 38 heavy (non-hydrogen) atoms. The molecule has 0 bridgehead atoms. The average molecular weight is 566 g/mol. The van der Waals surface area contributed by atoms with Crippen molar-refractivity contribution in [2.24, 2.45) is 0 Å². The summed E-state index contributed by atoms with van der Waals surface area (Å²) in [4.78, 5) is 36.2. The Labute approximate surface area is 221 Å². The van der Waals surface area contributed by atoms with Crippen molar-refractivity contribution in [1.29, 1.82) is 0 Å². The quantitative estimate of drug-likeness (QED) is 0.262. The fourth-order valence-electron chi connectivity index (χ4n) is 3.07. The molecule has 3 rings (SSSR count). The van der Waals surface area contributed by atoms with Crippen LogP contribution >= 0.6 is 11.6 Å². The maximum atomic E-state index is 14.4. The van der Waals surface area contributed by atoms with Gasteiger partial charge in [0.15, 0.2) is 0 Å². The predicted molar refractivity (Wildman–Crippen MR) is 138 cm³/mol. The maximum absolute atomic E-state index is 14.4. The number of carbonyl (C=O) groups is 3. The zero-order valence-corrected chi connectivity index (χ0v) is 21.3. The number of benzene rings is 3. The number of carbonyl (C=O) groups excluding carboxylic acids is 3. The summed E-state index contributed by atoms with van der Waals surface area (Å²) in [7, 11) is -4.07. The molecule has 3 aromatic rings. The standard InChI is InChI=1S/C24H22ClF2N5O5S/c1-14-3-2-4-17(11-14)38(36,37)32-23(34)29-10-9-28-22(33)15-5-8-21(20(27)12-15)31-24(35)30-16-6-7-18(25)19(26)13-16/h2-8,11-13H,9-10H2,1H3,(H,28,33)(H2,29,32,34)(H2,30,31,35). The number of sulfonamides is 1. The highest BCUT2D eigenvalue weighted by molar-refractivity contribution is 7.90. The number of urea groups is 2. The van der Waals surface area contributed by atoms with Crippen LogP contribution in [-0.4, -0.2) is 39.5 Å². The van der Waals surface area contributed by atoms with Crippen LogP contribution in [0.3, 0.4) is 0 Å². The Hall–Kier alpha value is -4.23. The molecule has 0 radical (unpaired) electrons. The summed E-state index contributed by atoms with van der Waals surface area (Å²) in [5, 5.41) is 9.18. The van der Waals surface area contributed by atoms with Crippen LogP contribution in [0, 0.1) is 18.6 Å². The first kappa shape index (κ1) is 28.3. The molecule has 0 aliphatic carbocycles. The smallest absolute Gasteiger partial charge is 0.328 e. The lowest BCUT2D eigenvalue weighted by Crippen LogP contribution is -2.42. The van der Waals surface area contributed by atoms with E-state index < -0.39 is 39.6 Å². The molecule has 0 aliphatic rings. The van der Waals surface area contributed by atoms with Gasteiger partial charge in [-0.3, -0.25) is 4.79 Å². The van der Waals surface area contributed by atoms with E-state index in [1.165, 1.54) is 30.3 Å². The highest BCUT2D eigenvalue weighted by atomic mass is 35.5. The largest absolute Gasteiger partial charge is 0.350 e. The van der Waals surface area contributed by atoms with Gasteiger partial charge in [0, 0.05) is 24.3 Å². The van der Waals surface area contributed by atoms with Crippen molar-refractivity contribution in [2.75, 3.05) is 23.7 Å². The third-order valence-electron chi connectivity index (χ3n) is 4.88. The van der Waals surface area contributed by atoms with Crippen molar-refractivity contribution in [3.63, 3.8) is 0 Å². The summed E-state index contributed by atoms with van der Waals surface area (Å²) in [6, 6.07) is 11.1. The van der Waals surface area contributed by atoms with Crippen LogP contribution in [0.1, 0.15) is 15.9 Å². The van der Waals surface area contributed by atoms with Crippen LogP contribution in [0.4, 0.5) is 29.7 Å². The Morgan fingerprint density at radius 2 is 1.58 bits per heavy atom. The molecule has 5 amide bonds. The summed E-state index contributed by atoms with van der Waals surface area (Å²) >= 11 is 5.58. The fraction of sp³-hybridized carbons (Fsp3) is 0.125. The number of hydrogen-bond donors (Lipinski definition) is 5. The van der Waals surface area contributed by atoms with Gasteiger partial charge >= 0.3 is 12.1 Å². The van der Waals surface area contributed by atoms with Gasteiger partial charge in [-0.1, -0.05) is 23.7 Å². The summed E-state index contributed by atoms with van der Waals surface area (Å²) in [5.74, 6) is -2.32. The first-order valence-corrected chi connectivity index (χ1v) is 12.8. The van der Waals surface area contributed by atoms with Gasteiger partial charge < -0.3 is 21.3 Å². The highest BCUT2D eigenvalue weighted by Crippen LogP contribution is 2.20. The molecule has 14 heteroatoms. The molecule has 0 saturated carbocycles. The van der Waals surface area contributed by atoms with Crippen molar-refractivity contribution in [1.82, 2.24) is 15.4 Å². The minimum absolute atomic E-state index is 0.0697. The molecule has 0 spiro atoms. The van der Waals surface area contributed by atoms with Gasteiger partial charge in [0.05, 0.1) is 15.6 Å². The van der Waals surface area contributed by atoms with E-state index in [-0.39, 0.29) is 39.9 Å². The third kappa shape index (κ3) is 7.88. The molecular formula is C24H22ClF2N5O5S.